The topological polar surface area (TPSA) is 64.4 Å². The summed E-state index contributed by atoms with van der Waals surface area (Å²) in [5.41, 5.74) is 3.30. The molecule has 0 aliphatic rings. The summed E-state index contributed by atoms with van der Waals surface area (Å²) in [4.78, 5) is 4.38. The molecule has 3 aromatic heterocycles. The molecule has 0 saturated heterocycles. The van der Waals surface area contributed by atoms with Crippen molar-refractivity contribution in [1.82, 2.24) is 23.9 Å². The SMILES string of the molecule is CCc1cc(C#N)ccc1-n1cc(C(F)(F)F)c2c(-n3cnc(-c4cnn(C)c4)c3)cccc21. The van der Waals surface area contributed by atoms with E-state index in [1.807, 2.05) is 6.92 Å². The molecule has 3 heterocycles. The van der Waals surface area contributed by atoms with Crippen molar-refractivity contribution >= 4 is 10.9 Å². The maximum atomic E-state index is 14.2. The minimum atomic E-state index is -4.56. The van der Waals surface area contributed by atoms with E-state index in [0.29, 0.717) is 34.6 Å². The summed E-state index contributed by atoms with van der Waals surface area (Å²) < 4.78 is 47.5. The summed E-state index contributed by atoms with van der Waals surface area (Å²) in [5, 5.41) is 13.4. The van der Waals surface area contributed by atoms with Crippen LogP contribution in [0.3, 0.4) is 0 Å². The van der Waals surface area contributed by atoms with E-state index in [0.717, 1.165) is 17.3 Å². The van der Waals surface area contributed by atoms with Crippen LogP contribution >= 0.6 is 0 Å². The highest BCUT2D eigenvalue weighted by Gasteiger charge is 2.36. The minimum absolute atomic E-state index is 0.0801. The first-order valence-electron chi connectivity index (χ1n) is 10.6. The Hall–Kier alpha value is -4.32. The fourth-order valence-electron chi connectivity index (χ4n) is 4.23. The highest BCUT2D eigenvalue weighted by molar-refractivity contribution is 5.94. The van der Waals surface area contributed by atoms with Gasteiger partial charge in [0.25, 0.3) is 0 Å². The average Bonchev–Trinajstić information content (AvgIpc) is 3.56. The molecule has 0 bridgehead atoms. The van der Waals surface area contributed by atoms with E-state index in [-0.39, 0.29) is 5.39 Å². The molecule has 0 saturated carbocycles. The van der Waals surface area contributed by atoms with Gasteiger partial charge in [-0.2, -0.15) is 23.5 Å². The summed E-state index contributed by atoms with van der Waals surface area (Å²) in [7, 11) is 1.78. The first kappa shape index (κ1) is 21.5. The Morgan fingerprint density at radius 1 is 1.06 bits per heavy atom. The van der Waals surface area contributed by atoms with Gasteiger partial charge >= 0.3 is 6.18 Å². The Bertz CT molecular complexity index is 1560. The highest BCUT2D eigenvalue weighted by Crippen LogP contribution is 2.40. The molecule has 5 rings (SSSR count). The molecular weight excluding hydrogens is 441 g/mol. The fraction of sp³-hybridized carbons (Fsp3) is 0.160. The maximum Gasteiger partial charge on any atom is 0.418 e. The highest BCUT2D eigenvalue weighted by atomic mass is 19.4. The van der Waals surface area contributed by atoms with Gasteiger partial charge in [-0.25, -0.2) is 4.98 Å². The number of hydrogen-bond acceptors (Lipinski definition) is 3. The quantitative estimate of drug-likeness (QED) is 0.347. The van der Waals surface area contributed by atoms with Crippen LogP contribution < -0.4 is 0 Å². The molecule has 0 fully saturated rings. The van der Waals surface area contributed by atoms with Crippen molar-refractivity contribution < 1.29 is 13.2 Å². The van der Waals surface area contributed by atoms with Crippen molar-refractivity contribution in [2.24, 2.45) is 7.05 Å². The van der Waals surface area contributed by atoms with Crippen LogP contribution in [0.15, 0.2) is 67.5 Å². The number of aromatic nitrogens is 5. The number of fused-ring (bicyclic) bond motifs is 1. The molecule has 0 aliphatic carbocycles. The van der Waals surface area contributed by atoms with E-state index in [1.165, 1.54) is 6.33 Å². The Labute approximate surface area is 193 Å². The van der Waals surface area contributed by atoms with Gasteiger partial charge in [-0.1, -0.05) is 13.0 Å². The molecule has 5 aromatic rings. The second kappa shape index (κ2) is 7.92. The predicted molar refractivity (Wildman–Crippen MR) is 122 cm³/mol. The number of benzene rings is 2. The van der Waals surface area contributed by atoms with Crippen molar-refractivity contribution in [3.63, 3.8) is 0 Å². The van der Waals surface area contributed by atoms with E-state index < -0.39 is 11.7 Å². The molecule has 0 N–H and O–H groups in total. The van der Waals surface area contributed by atoms with Gasteiger partial charge in [0.2, 0.25) is 0 Å². The van der Waals surface area contributed by atoms with Crippen molar-refractivity contribution in [3.05, 3.63) is 84.2 Å². The van der Waals surface area contributed by atoms with Crippen LogP contribution in [0.1, 0.15) is 23.6 Å². The number of rotatable bonds is 4. The number of imidazole rings is 1. The molecular formula is C25H19F3N6. The number of alkyl halides is 3. The van der Waals surface area contributed by atoms with Crippen LogP contribution in [0.2, 0.25) is 0 Å². The Morgan fingerprint density at radius 2 is 1.88 bits per heavy atom. The van der Waals surface area contributed by atoms with Gasteiger partial charge in [0.05, 0.1) is 46.6 Å². The number of halogens is 3. The maximum absolute atomic E-state index is 14.2. The van der Waals surface area contributed by atoms with Gasteiger partial charge < -0.3 is 9.13 Å². The van der Waals surface area contributed by atoms with Gasteiger partial charge in [-0.05, 0) is 42.3 Å². The largest absolute Gasteiger partial charge is 0.418 e. The van der Waals surface area contributed by atoms with Crippen LogP contribution in [0.5, 0.6) is 0 Å². The number of nitriles is 1. The van der Waals surface area contributed by atoms with Crippen LogP contribution in [-0.4, -0.2) is 23.9 Å². The second-order valence-corrected chi connectivity index (χ2v) is 7.96. The van der Waals surface area contributed by atoms with E-state index >= 15 is 0 Å². The molecule has 9 heteroatoms. The third-order valence-corrected chi connectivity index (χ3v) is 5.82. The summed E-state index contributed by atoms with van der Waals surface area (Å²) in [5.74, 6) is 0. The van der Waals surface area contributed by atoms with E-state index in [1.54, 1.807) is 75.9 Å². The van der Waals surface area contributed by atoms with Gasteiger partial charge in [0.1, 0.15) is 0 Å². The molecule has 34 heavy (non-hydrogen) atoms. The molecule has 0 unspecified atom stereocenters. The van der Waals surface area contributed by atoms with E-state index in [4.69, 9.17) is 0 Å². The molecule has 0 spiro atoms. The first-order valence-corrected chi connectivity index (χ1v) is 10.6. The standard InChI is InChI=1S/C25H19F3N6/c1-3-17-9-16(10-29)7-8-21(17)34-13-19(25(26,27)28)24-22(5-4-6-23(24)34)33-14-20(30-15-33)18-11-31-32(2)12-18/h4-9,11-15H,3H2,1-2H3. The zero-order chi connectivity index (χ0) is 24.0. The van der Waals surface area contributed by atoms with Crippen LogP contribution in [0.25, 0.3) is 33.5 Å². The van der Waals surface area contributed by atoms with Crippen molar-refractivity contribution in [2.75, 3.05) is 0 Å². The predicted octanol–water partition coefficient (Wildman–Crippen LogP) is 5.67. The van der Waals surface area contributed by atoms with E-state index in [9.17, 15) is 18.4 Å². The lowest BCUT2D eigenvalue weighted by Crippen LogP contribution is -2.05. The van der Waals surface area contributed by atoms with Crippen molar-refractivity contribution in [2.45, 2.75) is 19.5 Å². The number of nitrogens with zero attached hydrogens (tertiary/aromatic N) is 6. The lowest BCUT2D eigenvalue weighted by molar-refractivity contribution is -0.136. The summed E-state index contributed by atoms with van der Waals surface area (Å²) in [6.45, 7) is 1.91. The number of aryl methyl sites for hydroxylation is 2. The van der Waals surface area contributed by atoms with Crippen LogP contribution in [-0.2, 0) is 19.6 Å². The molecule has 0 atom stereocenters. The smallest absolute Gasteiger partial charge is 0.316 e. The molecule has 170 valence electrons. The average molecular weight is 460 g/mol. The Kier molecular flexibility index (Phi) is 5.01. The molecule has 0 aliphatic heterocycles. The Balaban J connectivity index is 1.75. The van der Waals surface area contributed by atoms with Crippen molar-refractivity contribution in [3.8, 4) is 28.7 Å². The minimum Gasteiger partial charge on any atom is -0.316 e. The normalized spacial score (nSPS) is 11.8. The number of hydrogen-bond donors (Lipinski definition) is 0. The van der Waals surface area contributed by atoms with Gasteiger partial charge in [-0.15, -0.1) is 0 Å². The summed E-state index contributed by atoms with van der Waals surface area (Å²) in [6, 6.07) is 12.2. The molecule has 2 aromatic carbocycles. The molecule has 0 amide bonds. The summed E-state index contributed by atoms with van der Waals surface area (Å²) in [6.07, 6.45) is 3.79. The Morgan fingerprint density at radius 3 is 2.56 bits per heavy atom. The van der Waals surface area contributed by atoms with E-state index in [2.05, 4.69) is 16.2 Å². The second-order valence-electron chi connectivity index (χ2n) is 7.96. The van der Waals surface area contributed by atoms with Crippen molar-refractivity contribution in [1.29, 1.82) is 5.26 Å². The summed E-state index contributed by atoms with van der Waals surface area (Å²) >= 11 is 0. The third kappa shape index (κ3) is 3.53. The first-order chi connectivity index (χ1) is 16.3. The van der Waals surface area contributed by atoms with Crippen LogP contribution in [0, 0.1) is 11.3 Å². The monoisotopic (exact) mass is 460 g/mol. The lowest BCUT2D eigenvalue weighted by Gasteiger charge is -2.12. The van der Waals surface area contributed by atoms with Gasteiger partial charge in [0.15, 0.2) is 0 Å². The molecule has 6 nitrogen and oxygen atoms in total. The third-order valence-electron chi connectivity index (χ3n) is 5.82. The zero-order valence-electron chi connectivity index (χ0n) is 18.4. The van der Waals surface area contributed by atoms with Gasteiger partial charge in [-0.3, -0.25) is 4.68 Å². The lowest BCUT2D eigenvalue weighted by atomic mass is 10.1. The zero-order valence-corrected chi connectivity index (χ0v) is 18.4. The fourth-order valence-corrected chi connectivity index (χ4v) is 4.23. The van der Waals surface area contributed by atoms with Crippen LogP contribution in [0.4, 0.5) is 13.2 Å². The molecule has 0 radical (unpaired) electrons. The van der Waals surface area contributed by atoms with Gasteiger partial charge in [0, 0.05) is 42.3 Å².